The van der Waals surface area contributed by atoms with Gasteiger partial charge in [0.15, 0.2) is 0 Å². The van der Waals surface area contributed by atoms with E-state index in [4.69, 9.17) is 10.8 Å². The fraction of sp³-hybridized carbons (Fsp3) is 0.727. The van der Waals surface area contributed by atoms with Crippen molar-refractivity contribution in [3.05, 3.63) is 0 Å². The quantitative estimate of drug-likeness (QED) is 0.137. The van der Waals surface area contributed by atoms with Gasteiger partial charge in [-0.1, -0.05) is 0 Å². The van der Waals surface area contributed by atoms with Gasteiger partial charge >= 0.3 is 5.97 Å². The average molecular weight is 529 g/mol. The van der Waals surface area contributed by atoms with Crippen LogP contribution in [0.3, 0.4) is 0 Å². The summed E-state index contributed by atoms with van der Waals surface area (Å²) in [6.45, 7) is 2.00. The van der Waals surface area contributed by atoms with Gasteiger partial charge in [0.25, 0.3) is 0 Å². The molecular formula is C22H36N6O9. The van der Waals surface area contributed by atoms with E-state index in [1.165, 1.54) is 18.7 Å². The summed E-state index contributed by atoms with van der Waals surface area (Å²) < 4.78 is 0. The fourth-order valence-corrected chi connectivity index (χ4v) is 4.38. The summed E-state index contributed by atoms with van der Waals surface area (Å²) >= 11 is 0. The van der Waals surface area contributed by atoms with Crippen LogP contribution in [0, 0.1) is 0 Å². The van der Waals surface area contributed by atoms with Gasteiger partial charge in [-0.05, 0) is 39.5 Å². The van der Waals surface area contributed by atoms with Crippen molar-refractivity contribution in [2.24, 2.45) is 5.73 Å². The molecule has 2 rings (SSSR count). The molecule has 0 bridgehead atoms. The van der Waals surface area contributed by atoms with Crippen molar-refractivity contribution in [2.45, 2.75) is 75.8 Å². The Morgan fingerprint density at radius 3 is 2.05 bits per heavy atom. The molecule has 2 saturated heterocycles. The number of aliphatic hydroxyl groups is 2. The van der Waals surface area contributed by atoms with Gasteiger partial charge in [0, 0.05) is 13.1 Å². The lowest BCUT2D eigenvalue weighted by Gasteiger charge is -2.29. The Balaban J connectivity index is 1.93. The standard InChI is InChI=1S/C22H36N6O9/c1-11(25-18(32)13(23)10-29)20(34)27-7-3-5-14(27)19(33)24-9-16(31)26-17(12(2)30)21(35)28-8-4-6-15(28)22(36)37/h11-15,17,29-30H,3-10,23H2,1-2H3,(H,24,33)(H,25,32)(H,26,31)(H,36,37)/t11-,12+,13-,14-,15-,17-/m0/s1. The number of carboxylic acid groups (broad SMARTS) is 1. The van der Waals surface area contributed by atoms with E-state index < -0.39 is 85.0 Å². The Hall–Kier alpha value is -3.30. The van der Waals surface area contributed by atoms with Crippen molar-refractivity contribution in [1.29, 1.82) is 0 Å². The van der Waals surface area contributed by atoms with E-state index in [0.717, 1.165) is 4.90 Å². The van der Waals surface area contributed by atoms with Crippen molar-refractivity contribution in [3.63, 3.8) is 0 Å². The predicted molar refractivity (Wildman–Crippen MR) is 126 cm³/mol. The summed E-state index contributed by atoms with van der Waals surface area (Å²) in [4.78, 5) is 76.4. The highest BCUT2D eigenvalue weighted by molar-refractivity contribution is 5.95. The number of carboxylic acids is 1. The van der Waals surface area contributed by atoms with Crippen LogP contribution >= 0.6 is 0 Å². The molecule has 15 heteroatoms. The summed E-state index contributed by atoms with van der Waals surface area (Å²) in [6.07, 6.45) is 0.278. The van der Waals surface area contributed by atoms with Crippen LogP contribution in [0.5, 0.6) is 0 Å². The zero-order valence-corrected chi connectivity index (χ0v) is 20.9. The molecule has 15 nitrogen and oxygen atoms in total. The average Bonchev–Trinajstić information content (AvgIpc) is 3.54. The molecule has 6 atom stereocenters. The van der Waals surface area contributed by atoms with Crippen LogP contribution in [0.4, 0.5) is 0 Å². The zero-order chi connectivity index (χ0) is 27.9. The topological polar surface area (TPSA) is 232 Å². The third-order valence-electron chi connectivity index (χ3n) is 6.41. The van der Waals surface area contributed by atoms with E-state index in [-0.39, 0.29) is 19.5 Å². The Morgan fingerprint density at radius 1 is 0.946 bits per heavy atom. The van der Waals surface area contributed by atoms with Crippen LogP contribution in [-0.4, -0.2) is 123 Å². The minimum atomic E-state index is -1.40. The molecule has 0 saturated carbocycles. The number of hydrogen-bond acceptors (Lipinski definition) is 9. The SMILES string of the molecule is C[C@H](NC(=O)[C@@H](N)CO)C(=O)N1CCC[C@H]1C(=O)NCC(=O)N[C@H](C(=O)N1CCC[C@H]1C(=O)O)[C@@H](C)O. The minimum absolute atomic E-state index is 0.183. The third-order valence-corrected chi connectivity index (χ3v) is 6.41. The first-order valence-electron chi connectivity index (χ1n) is 12.1. The van der Waals surface area contributed by atoms with E-state index in [0.29, 0.717) is 19.3 Å². The molecule has 0 aromatic heterocycles. The van der Waals surface area contributed by atoms with E-state index in [9.17, 15) is 39.0 Å². The smallest absolute Gasteiger partial charge is 0.326 e. The number of carbonyl (C=O) groups excluding carboxylic acids is 5. The molecule has 5 amide bonds. The molecule has 0 aromatic rings. The zero-order valence-electron chi connectivity index (χ0n) is 20.9. The minimum Gasteiger partial charge on any atom is -0.480 e. The highest BCUT2D eigenvalue weighted by Gasteiger charge is 2.40. The molecule has 2 aliphatic heterocycles. The van der Waals surface area contributed by atoms with Crippen molar-refractivity contribution in [1.82, 2.24) is 25.8 Å². The van der Waals surface area contributed by atoms with E-state index in [2.05, 4.69) is 16.0 Å². The second-order valence-corrected chi connectivity index (χ2v) is 9.24. The van der Waals surface area contributed by atoms with Gasteiger partial charge in [-0.2, -0.15) is 0 Å². The number of nitrogens with one attached hydrogen (secondary N) is 3. The molecule has 8 N–H and O–H groups in total. The normalized spacial score (nSPS) is 22.5. The highest BCUT2D eigenvalue weighted by atomic mass is 16.4. The molecule has 2 aliphatic rings. The largest absolute Gasteiger partial charge is 0.480 e. The first kappa shape index (κ1) is 29.9. The maximum Gasteiger partial charge on any atom is 0.326 e. The van der Waals surface area contributed by atoms with Gasteiger partial charge in [0.05, 0.1) is 19.3 Å². The van der Waals surface area contributed by atoms with Gasteiger partial charge in [-0.3, -0.25) is 24.0 Å². The van der Waals surface area contributed by atoms with Gasteiger partial charge in [0.2, 0.25) is 29.5 Å². The first-order chi connectivity index (χ1) is 17.4. The summed E-state index contributed by atoms with van der Waals surface area (Å²) in [5, 5.41) is 35.4. The van der Waals surface area contributed by atoms with Gasteiger partial charge in [-0.25, -0.2) is 4.79 Å². The molecular weight excluding hydrogens is 492 g/mol. The fourth-order valence-electron chi connectivity index (χ4n) is 4.38. The van der Waals surface area contributed by atoms with Crippen LogP contribution in [0.1, 0.15) is 39.5 Å². The van der Waals surface area contributed by atoms with E-state index in [1.807, 2.05) is 0 Å². The van der Waals surface area contributed by atoms with Gasteiger partial charge < -0.3 is 46.8 Å². The van der Waals surface area contributed by atoms with Crippen LogP contribution in [0.2, 0.25) is 0 Å². The third kappa shape index (κ3) is 7.60. The van der Waals surface area contributed by atoms with Gasteiger partial charge in [0.1, 0.15) is 30.2 Å². The number of hydrogen-bond donors (Lipinski definition) is 7. The second-order valence-electron chi connectivity index (χ2n) is 9.24. The lowest BCUT2D eigenvalue weighted by molar-refractivity contribution is -0.150. The Labute approximate surface area is 213 Å². The number of likely N-dealkylation sites (tertiary alicyclic amines) is 2. The molecule has 2 heterocycles. The first-order valence-corrected chi connectivity index (χ1v) is 12.1. The van der Waals surface area contributed by atoms with Gasteiger partial charge in [-0.15, -0.1) is 0 Å². The summed E-state index contributed by atoms with van der Waals surface area (Å²) in [7, 11) is 0. The number of aliphatic carboxylic acids is 1. The maximum absolute atomic E-state index is 12.8. The van der Waals surface area contributed by atoms with Crippen LogP contribution in [0.15, 0.2) is 0 Å². The molecule has 208 valence electrons. The maximum atomic E-state index is 12.8. The number of amides is 5. The van der Waals surface area contributed by atoms with Crippen LogP contribution in [0.25, 0.3) is 0 Å². The predicted octanol–water partition coefficient (Wildman–Crippen LogP) is -4.14. The summed E-state index contributed by atoms with van der Waals surface area (Å²) in [5.74, 6) is -4.55. The van der Waals surface area contributed by atoms with Crippen molar-refractivity contribution in [3.8, 4) is 0 Å². The lowest BCUT2D eigenvalue weighted by atomic mass is 10.1. The Morgan fingerprint density at radius 2 is 1.51 bits per heavy atom. The lowest BCUT2D eigenvalue weighted by Crippen LogP contribution is -2.58. The van der Waals surface area contributed by atoms with Crippen molar-refractivity contribution < 1.29 is 44.1 Å². The number of carbonyl (C=O) groups is 6. The number of rotatable bonds is 11. The van der Waals surface area contributed by atoms with E-state index in [1.54, 1.807) is 0 Å². The molecule has 0 spiro atoms. The van der Waals surface area contributed by atoms with Crippen molar-refractivity contribution in [2.75, 3.05) is 26.2 Å². The van der Waals surface area contributed by atoms with E-state index >= 15 is 0 Å². The van der Waals surface area contributed by atoms with Crippen LogP contribution < -0.4 is 21.7 Å². The highest BCUT2D eigenvalue weighted by Crippen LogP contribution is 2.20. The summed E-state index contributed by atoms with van der Waals surface area (Å²) in [5.41, 5.74) is 5.43. The molecule has 0 unspecified atom stereocenters. The second kappa shape index (κ2) is 13.3. The molecule has 2 fully saturated rings. The number of nitrogens with zero attached hydrogens (tertiary/aromatic N) is 2. The molecule has 0 aromatic carbocycles. The molecule has 0 aliphatic carbocycles. The number of aliphatic hydroxyl groups excluding tert-OH is 2. The molecule has 37 heavy (non-hydrogen) atoms. The number of nitrogens with two attached hydrogens (primary N) is 1. The molecule has 0 radical (unpaired) electrons. The Bertz CT molecular complexity index is 898. The monoisotopic (exact) mass is 528 g/mol. The van der Waals surface area contributed by atoms with Crippen LogP contribution in [-0.2, 0) is 28.8 Å². The Kier molecular flexibility index (Phi) is 10.8. The summed E-state index contributed by atoms with van der Waals surface area (Å²) in [6, 6.07) is -5.52. The van der Waals surface area contributed by atoms with Crippen molar-refractivity contribution >= 4 is 35.5 Å².